The summed E-state index contributed by atoms with van der Waals surface area (Å²) in [7, 11) is 3.36. The van der Waals surface area contributed by atoms with Gasteiger partial charge in [-0.05, 0) is 48.9 Å². The van der Waals surface area contributed by atoms with Crippen molar-refractivity contribution in [3.8, 4) is 11.5 Å². The summed E-state index contributed by atoms with van der Waals surface area (Å²) >= 11 is 0. The van der Waals surface area contributed by atoms with E-state index >= 15 is 0 Å². The van der Waals surface area contributed by atoms with Gasteiger partial charge in [0, 0.05) is 0 Å². The Hall–Kier alpha value is -1.22. The third-order valence-electron chi connectivity index (χ3n) is 4.30. The van der Waals surface area contributed by atoms with E-state index in [0.717, 1.165) is 18.0 Å². The first-order chi connectivity index (χ1) is 9.30. The molecular weight excluding hydrogens is 238 g/mol. The molecule has 0 aromatic heterocycles. The van der Waals surface area contributed by atoms with E-state index in [4.69, 9.17) is 15.2 Å². The standard InChI is InChI=1S/C16H25NO2/c1-18-15-9-8-12(10-16(15)19-2)14-7-5-3-4-6-13(14)11-17/h8-10,13-14H,3-7,11,17H2,1-2H3. The van der Waals surface area contributed by atoms with Gasteiger partial charge in [0.05, 0.1) is 14.2 Å². The van der Waals surface area contributed by atoms with Crippen LogP contribution in [0.4, 0.5) is 0 Å². The lowest BCUT2D eigenvalue weighted by atomic mass is 9.82. The maximum atomic E-state index is 5.97. The van der Waals surface area contributed by atoms with Gasteiger partial charge in [-0.1, -0.05) is 25.3 Å². The number of hydrogen-bond acceptors (Lipinski definition) is 3. The largest absolute Gasteiger partial charge is 0.493 e. The first-order valence-corrected chi connectivity index (χ1v) is 7.22. The van der Waals surface area contributed by atoms with E-state index in [1.54, 1.807) is 14.2 Å². The minimum atomic E-state index is 0.562. The lowest BCUT2D eigenvalue weighted by molar-refractivity contribution is 0.352. The van der Waals surface area contributed by atoms with Crippen LogP contribution in [0.15, 0.2) is 18.2 Å². The van der Waals surface area contributed by atoms with Crippen LogP contribution in [0.5, 0.6) is 11.5 Å². The van der Waals surface area contributed by atoms with Crippen molar-refractivity contribution in [1.29, 1.82) is 0 Å². The molecule has 1 aromatic rings. The summed E-state index contributed by atoms with van der Waals surface area (Å²) in [5.74, 6) is 2.78. The number of rotatable bonds is 4. The van der Waals surface area contributed by atoms with Crippen LogP contribution in [0.2, 0.25) is 0 Å². The molecule has 2 unspecified atom stereocenters. The molecule has 0 radical (unpaired) electrons. The van der Waals surface area contributed by atoms with Gasteiger partial charge in [-0.25, -0.2) is 0 Å². The third-order valence-corrected chi connectivity index (χ3v) is 4.30. The third kappa shape index (κ3) is 3.21. The Morgan fingerprint density at radius 1 is 1.05 bits per heavy atom. The van der Waals surface area contributed by atoms with Crippen molar-refractivity contribution in [2.24, 2.45) is 11.7 Å². The van der Waals surface area contributed by atoms with Gasteiger partial charge < -0.3 is 15.2 Å². The fourth-order valence-electron chi connectivity index (χ4n) is 3.19. The van der Waals surface area contributed by atoms with Crippen molar-refractivity contribution < 1.29 is 9.47 Å². The number of methoxy groups -OCH3 is 2. The minimum absolute atomic E-state index is 0.562. The Bertz CT molecular complexity index is 406. The molecule has 1 aliphatic carbocycles. The van der Waals surface area contributed by atoms with Crippen LogP contribution in [-0.2, 0) is 0 Å². The molecule has 2 N–H and O–H groups in total. The van der Waals surface area contributed by atoms with Crippen molar-refractivity contribution in [2.45, 2.75) is 38.0 Å². The SMILES string of the molecule is COc1ccc(C2CCCCCC2CN)cc1OC. The van der Waals surface area contributed by atoms with E-state index in [2.05, 4.69) is 12.1 Å². The Labute approximate surface area is 116 Å². The smallest absolute Gasteiger partial charge is 0.160 e. The molecule has 0 spiro atoms. The molecule has 106 valence electrons. The van der Waals surface area contributed by atoms with E-state index in [9.17, 15) is 0 Å². The fourth-order valence-corrected chi connectivity index (χ4v) is 3.19. The van der Waals surface area contributed by atoms with Crippen LogP contribution in [-0.4, -0.2) is 20.8 Å². The average Bonchev–Trinajstić information content (AvgIpc) is 2.71. The van der Waals surface area contributed by atoms with Gasteiger partial charge in [0.2, 0.25) is 0 Å². The van der Waals surface area contributed by atoms with E-state index in [1.165, 1.54) is 37.7 Å². The topological polar surface area (TPSA) is 44.5 Å². The molecule has 0 amide bonds. The van der Waals surface area contributed by atoms with E-state index in [-0.39, 0.29) is 0 Å². The monoisotopic (exact) mass is 263 g/mol. The molecule has 0 bridgehead atoms. The average molecular weight is 263 g/mol. The molecule has 2 rings (SSSR count). The normalized spacial score (nSPS) is 23.7. The highest BCUT2D eigenvalue weighted by Gasteiger charge is 2.24. The molecule has 19 heavy (non-hydrogen) atoms. The highest BCUT2D eigenvalue weighted by atomic mass is 16.5. The van der Waals surface area contributed by atoms with Crippen molar-refractivity contribution >= 4 is 0 Å². The molecule has 1 aromatic carbocycles. The van der Waals surface area contributed by atoms with E-state index < -0.39 is 0 Å². The predicted octanol–water partition coefficient (Wildman–Crippen LogP) is 3.33. The van der Waals surface area contributed by atoms with Crippen molar-refractivity contribution in [2.75, 3.05) is 20.8 Å². The van der Waals surface area contributed by atoms with Crippen LogP contribution in [0.3, 0.4) is 0 Å². The summed E-state index contributed by atoms with van der Waals surface area (Å²) in [4.78, 5) is 0. The van der Waals surface area contributed by atoms with Crippen LogP contribution >= 0.6 is 0 Å². The second-order valence-corrected chi connectivity index (χ2v) is 5.35. The summed E-state index contributed by atoms with van der Waals surface area (Å²) in [6, 6.07) is 6.30. The van der Waals surface area contributed by atoms with Crippen LogP contribution < -0.4 is 15.2 Å². The molecule has 3 nitrogen and oxygen atoms in total. The zero-order chi connectivity index (χ0) is 13.7. The van der Waals surface area contributed by atoms with Crippen LogP contribution in [0, 0.1) is 5.92 Å². The number of nitrogens with two attached hydrogens (primary N) is 1. The second-order valence-electron chi connectivity index (χ2n) is 5.35. The van der Waals surface area contributed by atoms with Gasteiger partial charge in [0.1, 0.15) is 0 Å². The summed E-state index contributed by atoms with van der Waals surface area (Å²) in [6.07, 6.45) is 6.42. The Balaban J connectivity index is 2.27. The van der Waals surface area contributed by atoms with Gasteiger partial charge >= 0.3 is 0 Å². The van der Waals surface area contributed by atoms with Crippen LogP contribution in [0.25, 0.3) is 0 Å². The van der Waals surface area contributed by atoms with Gasteiger partial charge in [-0.15, -0.1) is 0 Å². The lowest BCUT2D eigenvalue weighted by Crippen LogP contribution is -2.21. The predicted molar refractivity (Wildman–Crippen MR) is 77.9 cm³/mol. The maximum Gasteiger partial charge on any atom is 0.160 e. The first-order valence-electron chi connectivity index (χ1n) is 7.22. The summed E-state index contributed by atoms with van der Waals surface area (Å²) in [5.41, 5.74) is 7.31. The molecule has 0 aliphatic heterocycles. The molecule has 1 saturated carbocycles. The Morgan fingerprint density at radius 2 is 1.79 bits per heavy atom. The highest BCUT2D eigenvalue weighted by Crippen LogP contribution is 2.39. The highest BCUT2D eigenvalue weighted by molar-refractivity contribution is 5.44. The van der Waals surface area contributed by atoms with Gasteiger partial charge in [-0.2, -0.15) is 0 Å². The summed E-state index contributed by atoms with van der Waals surface area (Å²) in [6.45, 7) is 0.777. The van der Waals surface area contributed by atoms with E-state index in [0.29, 0.717) is 11.8 Å². The molecule has 1 aliphatic rings. The number of ether oxygens (including phenoxy) is 2. The van der Waals surface area contributed by atoms with Crippen molar-refractivity contribution in [1.82, 2.24) is 0 Å². The van der Waals surface area contributed by atoms with Crippen molar-refractivity contribution in [3.63, 3.8) is 0 Å². The second kappa shape index (κ2) is 6.80. The molecule has 1 fully saturated rings. The summed E-state index contributed by atoms with van der Waals surface area (Å²) < 4.78 is 10.7. The summed E-state index contributed by atoms with van der Waals surface area (Å²) in [5, 5.41) is 0. The molecule has 2 atom stereocenters. The lowest BCUT2D eigenvalue weighted by Gasteiger charge is -2.25. The zero-order valence-electron chi connectivity index (χ0n) is 12.0. The minimum Gasteiger partial charge on any atom is -0.493 e. The van der Waals surface area contributed by atoms with Gasteiger partial charge in [-0.3, -0.25) is 0 Å². The quantitative estimate of drug-likeness (QED) is 0.847. The molecule has 0 saturated heterocycles. The Morgan fingerprint density at radius 3 is 2.47 bits per heavy atom. The first kappa shape index (κ1) is 14.2. The van der Waals surface area contributed by atoms with Gasteiger partial charge in [0.15, 0.2) is 11.5 Å². The molecule has 0 heterocycles. The van der Waals surface area contributed by atoms with E-state index in [1.807, 2.05) is 6.07 Å². The molecular formula is C16H25NO2. The number of benzene rings is 1. The zero-order valence-corrected chi connectivity index (χ0v) is 12.0. The fraction of sp³-hybridized carbons (Fsp3) is 0.625. The Kier molecular flexibility index (Phi) is 5.08. The van der Waals surface area contributed by atoms with Crippen molar-refractivity contribution in [3.05, 3.63) is 23.8 Å². The van der Waals surface area contributed by atoms with Gasteiger partial charge in [0.25, 0.3) is 0 Å². The van der Waals surface area contributed by atoms with Crippen LogP contribution in [0.1, 0.15) is 43.6 Å². The molecule has 3 heteroatoms. The number of hydrogen-bond donors (Lipinski definition) is 1. The maximum absolute atomic E-state index is 5.97.